The molecule has 0 aliphatic carbocycles. The number of halogens is 3. The predicted octanol–water partition coefficient (Wildman–Crippen LogP) is 2.57. The third-order valence-electron chi connectivity index (χ3n) is 1.63. The smallest absolute Gasteiger partial charge is 0.388 e. The molecule has 13 heavy (non-hydrogen) atoms. The first-order chi connectivity index (χ1) is 5.93. The first-order valence-corrected chi connectivity index (χ1v) is 3.60. The summed E-state index contributed by atoms with van der Waals surface area (Å²) in [6.07, 6.45) is -5.78. The first-order valence-electron chi connectivity index (χ1n) is 3.60. The van der Waals surface area contributed by atoms with Crippen LogP contribution in [0.1, 0.15) is 17.2 Å². The summed E-state index contributed by atoms with van der Waals surface area (Å²) in [5, 5.41) is 8.96. The van der Waals surface area contributed by atoms with E-state index in [2.05, 4.69) is 6.92 Å². The molecular weight excluding hydrogens is 181 g/mol. The predicted molar refractivity (Wildman–Crippen MR) is 41.8 cm³/mol. The topological polar surface area (TPSA) is 20.2 Å². The Morgan fingerprint density at radius 2 is 1.77 bits per heavy atom. The molecule has 1 atom stereocenters. The summed E-state index contributed by atoms with van der Waals surface area (Å²) >= 11 is 0. The second-order valence-corrected chi connectivity index (χ2v) is 2.60. The van der Waals surface area contributed by atoms with Crippen molar-refractivity contribution >= 4 is 0 Å². The molecule has 0 aliphatic rings. The summed E-state index contributed by atoms with van der Waals surface area (Å²) in [6, 6.07) is 4.83. The molecule has 0 saturated carbocycles. The molecule has 0 fully saturated rings. The molecule has 1 rings (SSSR count). The molecule has 1 nitrogen and oxygen atoms in total. The number of benzene rings is 1. The highest BCUT2D eigenvalue weighted by molar-refractivity contribution is 5.31. The molecule has 1 N–H and O–H groups in total. The fourth-order valence-electron chi connectivity index (χ4n) is 1.05. The van der Waals surface area contributed by atoms with Crippen LogP contribution in [0, 0.1) is 6.92 Å². The largest absolute Gasteiger partial charge is 0.416 e. The Bertz CT molecular complexity index is 291. The zero-order chi connectivity index (χ0) is 10.1. The van der Waals surface area contributed by atoms with E-state index in [1.165, 1.54) is 18.2 Å². The number of alkyl halides is 3. The SMILES string of the molecule is [CH2]C(O)c1ccccc1C(F)(F)F. The molecular formula is C9H8F3O. The van der Waals surface area contributed by atoms with Crippen molar-refractivity contribution < 1.29 is 18.3 Å². The minimum absolute atomic E-state index is 0.199. The van der Waals surface area contributed by atoms with Gasteiger partial charge in [-0.05, 0) is 18.6 Å². The van der Waals surface area contributed by atoms with Crippen molar-refractivity contribution in [3.05, 3.63) is 42.3 Å². The Morgan fingerprint density at radius 3 is 2.15 bits per heavy atom. The molecule has 1 radical (unpaired) electrons. The van der Waals surface area contributed by atoms with Gasteiger partial charge < -0.3 is 5.11 Å². The lowest BCUT2D eigenvalue weighted by Crippen LogP contribution is -2.10. The highest BCUT2D eigenvalue weighted by atomic mass is 19.4. The maximum Gasteiger partial charge on any atom is 0.416 e. The van der Waals surface area contributed by atoms with Crippen molar-refractivity contribution in [2.75, 3.05) is 0 Å². The zero-order valence-electron chi connectivity index (χ0n) is 6.67. The fourth-order valence-corrected chi connectivity index (χ4v) is 1.05. The summed E-state index contributed by atoms with van der Waals surface area (Å²) < 4.78 is 36.8. The molecule has 0 amide bonds. The van der Waals surface area contributed by atoms with Gasteiger partial charge in [-0.1, -0.05) is 18.2 Å². The lowest BCUT2D eigenvalue weighted by molar-refractivity contribution is -0.138. The van der Waals surface area contributed by atoms with Crippen molar-refractivity contribution in [3.63, 3.8) is 0 Å². The van der Waals surface area contributed by atoms with E-state index in [0.717, 1.165) is 6.07 Å². The van der Waals surface area contributed by atoms with E-state index in [4.69, 9.17) is 5.11 Å². The highest BCUT2D eigenvalue weighted by Gasteiger charge is 2.33. The van der Waals surface area contributed by atoms with Gasteiger partial charge in [0, 0.05) is 0 Å². The summed E-state index contributed by atoms with van der Waals surface area (Å²) in [6.45, 7) is 3.14. The van der Waals surface area contributed by atoms with Crippen LogP contribution < -0.4 is 0 Å². The van der Waals surface area contributed by atoms with E-state index in [0.29, 0.717) is 0 Å². The van der Waals surface area contributed by atoms with Crippen LogP contribution in [0.5, 0.6) is 0 Å². The summed E-state index contributed by atoms with van der Waals surface area (Å²) in [4.78, 5) is 0. The van der Waals surface area contributed by atoms with Gasteiger partial charge in [-0.25, -0.2) is 0 Å². The summed E-state index contributed by atoms with van der Waals surface area (Å²) in [5.74, 6) is 0. The van der Waals surface area contributed by atoms with Crippen LogP contribution in [-0.2, 0) is 6.18 Å². The number of aliphatic hydroxyl groups excluding tert-OH is 1. The van der Waals surface area contributed by atoms with E-state index in [1.54, 1.807) is 0 Å². The molecule has 1 aromatic rings. The van der Waals surface area contributed by atoms with Crippen LogP contribution in [0.3, 0.4) is 0 Å². The maximum absolute atomic E-state index is 12.3. The monoisotopic (exact) mass is 189 g/mol. The van der Waals surface area contributed by atoms with Crippen molar-refractivity contribution in [1.29, 1.82) is 0 Å². The van der Waals surface area contributed by atoms with Gasteiger partial charge in [-0.3, -0.25) is 0 Å². The van der Waals surface area contributed by atoms with Crippen molar-refractivity contribution in [2.45, 2.75) is 12.3 Å². The lowest BCUT2D eigenvalue weighted by atomic mass is 10.0. The number of hydrogen-bond acceptors (Lipinski definition) is 1. The number of hydrogen-bond donors (Lipinski definition) is 1. The van der Waals surface area contributed by atoms with Crippen LogP contribution >= 0.6 is 0 Å². The Kier molecular flexibility index (Phi) is 2.61. The van der Waals surface area contributed by atoms with Gasteiger partial charge in [-0.2, -0.15) is 13.2 Å². The molecule has 1 unspecified atom stereocenters. The van der Waals surface area contributed by atoms with E-state index in [1.807, 2.05) is 0 Å². The minimum Gasteiger partial charge on any atom is -0.388 e. The van der Waals surface area contributed by atoms with Gasteiger partial charge in [0.05, 0.1) is 11.7 Å². The number of aliphatic hydroxyl groups is 1. The van der Waals surface area contributed by atoms with Crippen LogP contribution in [0.15, 0.2) is 24.3 Å². The average molecular weight is 189 g/mol. The van der Waals surface area contributed by atoms with Crippen LogP contribution in [0.25, 0.3) is 0 Å². The second-order valence-electron chi connectivity index (χ2n) is 2.60. The van der Waals surface area contributed by atoms with Crippen molar-refractivity contribution in [3.8, 4) is 0 Å². The minimum atomic E-state index is -4.44. The van der Waals surface area contributed by atoms with E-state index < -0.39 is 17.8 Å². The molecule has 0 bridgehead atoms. The highest BCUT2D eigenvalue weighted by Crippen LogP contribution is 2.33. The molecule has 0 heterocycles. The molecule has 0 saturated heterocycles. The molecule has 0 aliphatic heterocycles. The Hall–Kier alpha value is -1.03. The molecule has 1 aromatic carbocycles. The Labute approximate surface area is 73.8 Å². The van der Waals surface area contributed by atoms with Crippen molar-refractivity contribution in [1.82, 2.24) is 0 Å². The third kappa shape index (κ3) is 2.21. The van der Waals surface area contributed by atoms with Gasteiger partial charge in [0.1, 0.15) is 0 Å². The third-order valence-corrected chi connectivity index (χ3v) is 1.63. The van der Waals surface area contributed by atoms with Gasteiger partial charge >= 0.3 is 6.18 Å². The Balaban J connectivity index is 3.20. The Morgan fingerprint density at radius 1 is 1.23 bits per heavy atom. The van der Waals surface area contributed by atoms with E-state index >= 15 is 0 Å². The fraction of sp³-hybridized carbons (Fsp3) is 0.222. The molecule has 0 spiro atoms. The van der Waals surface area contributed by atoms with Crippen LogP contribution in [-0.4, -0.2) is 5.11 Å². The van der Waals surface area contributed by atoms with Gasteiger partial charge in [-0.15, -0.1) is 0 Å². The van der Waals surface area contributed by atoms with Crippen LogP contribution in [0.4, 0.5) is 13.2 Å². The lowest BCUT2D eigenvalue weighted by Gasteiger charge is -2.13. The van der Waals surface area contributed by atoms with Gasteiger partial charge in [0.2, 0.25) is 0 Å². The van der Waals surface area contributed by atoms with Gasteiger partial charge in [0.25, 0.3) is 0 Å². The summed E-state index contributed by atoms with van der Waals surface area (Å²) in [5.41, 5.74) is -1.03. The quantitative estimate of drug-likeness (QED) is 0.719. The molecule has 0 aromatic heterocycles. The van der Waals surface area contributed by atoms with Gasteiger partial charge in [0.15, 0.2) is 0 Å². The molecule has 4 heteroatoms. The van der Waals surface area contributed by atoms with E-state index in [-0.39, 0.29) is 5.56 Å². The standard InChI is InChI=1S/C9H8F3O/c1-6(13)7-4-2-3-5-8(7)9(10,11)12/h2-6,13H,1H2. The maximum atomic E-state index is 12.3. The second kappa shape index (κ2) is 3.38. The molecule has 71 valence electrons. The van der Waals surface area contributed by atoms with Crippen molar-refractivity contribution in [2.24, 2.45) is 0 Å². The van der Waals surface area contributed by atoms with E-state index in [9.17, 15) is 13.2 Å². The number of rotatable bonds is 1. The van der Waals surface area contributed by atoms with Crippen LogP contribution in [0.2, 0.25) is 0 Å². The summed E-state index contributed by atoms with van der Waals surface area (Å²) in [7, 11) is 0. The zero-order valence-corrected chi connectivity index (χ0v) is 6.67. The first kappa shape index (κ1) is 10.1. The normalized spacial score (nSPS) is 14.2. The average Bonchev–Trinajstić information content (AvgIpc) is 2.03.